The Kier molecular flexibility index (Phi) is 6.23. The van der Waals surface area contributed by atoms with Gasteiger partial charge in [-0.15, -0.1) is 0 Å². The van der Waals surface area contributed by atoms with E-state index in [0.717, 1.165) is 50.7 Å². The molecular formula is C16H28N4O. The van der Waals surface area contributed by atoms with Gasteiger partial charge in [0.1, 0.15) is 18.0 Å². The summed E-state index contributed by atoms with van der Waals surface area (Å²) in [4.78, 5) is 11.4. The zero-order valence-corrected chi connectivity index (χ0v) is 13.6. The van der Waals surface area contributed by atoms with Crippen LogP contribution in [0.2, 0.25) is 0 Å². The Morgan fingerprint density at radius 3 is 2.95 bits per heavy atom. The first-order chi connectivity index (χ1) is 10.3. The largest absolute Gasteiger partial charge is 0.384 e. The molecular weight excluding hydrogens is 264 g/mol. The fraction of sp³-hybridized carbons (Fsp3) is 0.750. The summed E-state index contributed by atoms with van der Waals surface area (Å²) in [5.41, 5.74) is 1.24. The van der Waals surface area contributed by atoms with Crippen molar-refractivity contribution in [3.63, 3.8) is 0 Å². The number of anilines is 2. The number of rotatable bonds is 7. The number of aromatic nitrogens is 2. The molecule has 0 saturated carbocycles. The predicted molar refractivity (Wildman–Crippen MR) is 87.0 cm³/mol. The first kappa shape index (κ1) is 16.0. The molecule has 1 unspecified atom stereocenters. The Balaban J connectivity index is 2.17. The van der Waals surface area contributed by atoms with Gasteiger partial charge in [-0.05, 0) is 31.6 Å². The second-order valence-corrected chi connectivity index (χ2v) is 5.71. The molecule has 0 aromatic carbocycles. The van der Waals surface area contributed by atoms with Crippen LogP contribution in [-0.4, -0.2) is 43.3 Å². The zero-order valence-electron chi connectivity index (χ0n) is 13.6. The molecule has 1 N–H and O–H groups in total. The van der Waals surface area contributed by atoms with Crippen LogP contribution < -0.4 is 10.2 Å². The number of ether oxygens (including phenoxy) is 1. The zero-order chi connectivity index (χ0) is 15.1. The molecule has 0 radical (unpaired) electrons. The molecule has 0 bridgehead atoms. The Bertz CT molecular complexity index is 436. The maximum Gasteiger partial charge on any atom is 0.137 e. The van der Waals surface area contributed by atoms with Gasteiger partial charge in [-0.1, -0.05) is 13.8 Å². The second kappa shape index (κ2) is 8.17. The van der Waals surface area contributed by atoms with Gasteiger partial charge in [0.15, 0.2) is 0 Å². The molecule has 1 fully saturated rings. The molecule has 1 saturated heterocycles. The van der Waals surface area contributed by atoms with Gasteiger partial charge in [-0.2, -0.15) is 0 Å². The number of nitrogens with one attached hydrogen (secondary N) is 1. The molecule has 118 valence electrons. The van der Waals surface area contributed by atoms with Crippen molar-refractivity contribution in [1.29, 1.82) is 0 Å². The lowest BCUT2D eigenvalue weighted by molar-refractivity contribution is 0.143. The van der Waals surface area contributed by atoms with E-state index < -0.39 is 0 Å². The summed E-state index contributed by atoms with van der Waals surface area (Å²) in [5.74, 6) is 2.71. The van der Waals surface area contributed by atoms with Crippen LogP contribution in [0.4, 0.5) is 11.6 Å². The van der Waals surface area contributed by atoms with E-state index in [1.807, 2.05) is 0 Å². The Hall–Kier alpha value is -1.36. The third-order valence-electron chi connectivity index (χ3n) is 4.04. The van der Waals surface area contributed by atoms with Crippen molar-refractivity contribution in [3.8, 4) is 0 Å². The molecule has 1 aliphatic rings. The minimum atomic E-state index is 0.607. The third kappa shape index (κ3) is 4.06. The van der Waals surface area contributed by atoms with Crippen LogP contribution in [0.25, 0.3) is 0 Å². The minimum absolute atomic E-state index is 0.607. The van der Waals surface area contributed by atoms with E-state index in [2.05, 4.69) is 34.0 Å². The van der Waals surface area contributed by atoms with Gasteiger partial charge in [0.05, 0.1) is 6.61 Å². The van der Waals surface area contributed by atoms with Crippen molar-refractivity contribution in [2.45, 2.75) is 39.5 Å². The first-order valence-electron chi connectivity index (χ1n) is 8.11. The van der Waals surface area contributed by atoms with Crippen LogP contribution in [0.1, 0.15) is 38.7 Å². The van der Waals surface area contributed by atoms with E-state index in [4.69, 9.17) is 4.74 Å². The molecule has 5 nitrogen and oxygen atoms in total. The maximum atomic E-state index is 5.33. The number of hydrogen-bond donors (Lipinski definition) is 1. The Morgan fingerprint density at radius 1 is 1.38 bits per heavy atom. The molecule has 21 heavy (non-hydrogen) atoms. The highest BCUT2D eigenvalue weighted by Gasteiger charge is 2.23. The summed E-state index contributed by atoms with van der Waals surface area (Å²) in [6.45, 7) is 8.25. The van der Waals surface area contributed by atoms with Gasteiger partial charge in [-0.3, -0.25) is 0 Å². The summed E-state index contributed by atoms with van der Waals surface area (Å²) < 4.78 is 5.33. The lowest BCUT2D eigenvalue weighted by atomic mass is 9.98. The highest BCUT2D eigenvalue weighted by Crippen LogP contribution is 2.28. The summed E-state index contributed by atoms with van der Waals surface area (Å²) >= 11 is 0. The maximum absolute atomic E-state index is 5.33. The third-order valence-corrected chi connectivity index (χ3v) is 4.04. The number of nitrogens with zero attached hydrogens (tertiary/aromatic N) is 3. The predicted octanol–water partition coefficient (Wildman–Crippen LogP) is 2.72. The van der Waals surface area contributed by atoms with Crippen LogP contribution >= 0.6 is 0 Å². The van der Waals surface area contributed by atoms with Gasteiger partial charge in [0.2, 0.25) is 0 Å². The van der Waals surface area contributed by atoms with Crippen molar-refractivity contribution < 1.29 is 4.74 Å². The van der Waals surface area contributed by atoms with Crippen LogP contribution in [0, 0.1) is 5.92 Å². The van der Waals surface area contributed by atoms with E-state index >= 15 is 0 Å². The summed E-state index contributed by atoms with van der Waals surface area (Å²) in [7, 11) is 1.79. The molecule has 0 amide bonds. The molecule has 1 aromatic rings. The molecule has 1 aliphatic heterocycles. The van der Waals surface area contributed by atoms with Crippen LogP contribution in [0.3, 0.4) is 0 Å². The highest BCUT2D eigenvalue weighted by atomic mass is 16.5. The monoisotopic (exact) mass is 292 g/mol. The van der Waals surface area contributed by atoms with E-state index in [0.29, 0.717) is 5.92 Å². The van der Waals surface area contributed by atoms with Crippen molar-refractivity contribution >= 4 is 11.6 Å². The average molecular weight is 292 g/mol. The van der Waals surface area contributed by atoms with Crippen molar-refractivity contribution in [1.82, 2.24) is 9.97 Å². The molecule has 0 aliphatic carbocycles. The second-order valence-electron chi connectivity index (χ2n) is 5.71. The highest BCUT2D eigenvalue weighted by molar-refractivity contribution is 5.59. The van der Waals surface area contributed by atoms with Gasteiger partial charge < -0.3 is 15.0 Å². The quantitative estimate of drug-likeness (QED) is 0.837. The topological polar surface area (TPSA) is 50.3 Å². The van der Waals surface area contributed by atoms with Gasteiger partial charge >= 0.3 is 0 Å². The fourth-order valence-corrected chi connectivity index (χ4v) is 3.03. The molecule has 5 heteroatoms. The van der Waals surface area contributed by atoms with Crippen molar-refractivity contribution in [2.75, 3.05) is 43.6 Å². The summed E-state index contributed by atoms with van der Waals surface area (Å²) in [6, 6.07) is 0. The van der Waals surface area contributed by atoms with Crippen LogP contribution in [0.15, 0.2) is 6.33 Å². The smallest absolute Gasteiger partial charge is 0.137 e. The normalized spacial score (nSPS) is 18.8. The van der Waals surface area contributed by atoms with Gasteiger partial charge in [-0.25, -0.2) is 9.97 Å². The minimum Gasteiger partial charge on any atom is -0.384 e. The van der Waals surface area contributed by atoms with Crippen LogP contribution in [-0.2, 0) is 11.2 Å². The number of hydrogen-bond acceptors (Lipinski definition) is 5. The Morgan fingerprint density at radius 2 is 2.24 bits per heavy atom. The lowest BCUT2D eigenvalue weighted by Crippen LogP contribution is -2.38. The van der Waals surface area contributed by atoms with E-state index in [9.17, 15) is 0 Å². The first-order valence-corrected chi connectivity index (χ1v) is 8.11. The van der Waals surface area contributed by atoms with Crippen molar-refractivity contribution in [2.24, 2.45) is 5.92 Å². The Labute approximate surface area is 128 Å². The standard InChI is InChI=1S/C16H28N4O/c1-4-8-17-15-14(5-2)16(19-12-18-15)20-9-6-7-13(10-20)11-21-3/h12-13H,4-11H2,1-3H3,(H,17,18,19). The molecule has 2 rings (SSSR count). The van der Waals surface area contributed by atoms with Crippen molar-refractivity contribution in [3.05, 3.63) is 11.9 Å². The SMILES string of the molecule is CCCNc1ncnc(N2CCCC(COC)C2)c1CC. The van der Waals surface area contributed by atoms with E-state index in [-0.39, 0.29) is 0 Å². The molecule has 2 heterocycles. The summed E-state index contributed by atoms with van der Waals surface area (Å²) in [5, 5.41) is 3.43. The molecule has 0 spiro atoms. The van der Waals surface area contributed by atoms with Gasteiger partial charge in [0, 0.05) is 32.3 Å². The van der Waals surface area contributed by atoms with Gasteiger partial charge in [0.25, 0.3) is 0 Å². The lowest BCUT2D eigenvalue weighted by Gasteiger charge is -2.34. The summed E-state index contributed by atoms with van der Waals surface area (Å²) in [6.07, 6.45) is 6.19. The van der Waals surface area contributed by atoms with Crippen LogP contribution in [0.5, 0.6) is 0 Å². The molecule has 1 atom stereocenters. The van der Waals surface area contributed by atoms with E-state index in [1.165, 1.54) is 18.4 Å². The van der Waals surface area contributed by atoms with E-state index in [1.54, 1.807) is 13.4 Å². The molecule has 1 aromatic heterocycles. The number of piperidine rings is 1. The number of methoxy groups -OCH3 is 1. The average Bonchev–Trinajstić information content (AvgIpc) is 2.53. The fourth-order valence-electron chi connectivity index (χ4n) is 3.03.